The highest BCUT2D eigenvalue weighted by Gasteiger charge is 2.31. The first-order valence-corrected chi connectivity index (χ1v) is 10.4. The van der Waals surface area contributed by atoms with Crippen molar-refractivity contribution in [2.24, 2.45) is 10.9 Å². The predicted octanol–water partition coefficient (Wildman–Crippen LogP) is 6.31. The number of hydrogen-bond donors (Lipinski definition) is 0. The van der Waals surface area contributed by atoms with Crippen LogP contribution in [0.5, 0.6) is 5.75 Å². The summed E-state index contributed by atoms with van der Waals surface area (Å²) in [7, 11) is 3.80. The zero-order chi connectivity index (χ0) is 23.8. The molecule has 1 rings (SSSR count). The van der Waals surface area contributed by atoms with Gasteiger partial charge < -0.3 is 9.64 Å². The summed E-state index contributed by atoms with van der Waals surface area (Å²) in [6.45, 7) is 10.7. The summed E-state index contributed by atoms with van der Waals surface area (Å²) in [4.78, 5) is 17.6. The highest BCUT2D eigenvalue weighted by Crippen LogP contribution is 2.33. The lowest BCUT2D eigenvalue weighted by molar-refractivity contribution is 0.0630. The summed E-state index contributed by atoms with van der Waals surface area (Å²) in [5.41, 5.74) is 2.40. The number of aliphatic imine (C=N–C) groups is 1. The number of halogens is 2. The standard InChI is InChI=1S/C25H34F2N2O2/c1-9-18(4)19(5)28-24(22(15-17(2)3)25(6,26)27)31-23-12-10-11-20(16-29(7)8)21(23)13-14-30/h10-13,15,18H,9,16H2,1-8H3/b24-22-,28-19+. The molecule has 0 aliphatic carbocycles. The fourth-order valence-corrected chi connectivity index (χ4v) is 2.85. The smallest absolute Gasteiger partial charge is 0.275 e. The van der Waals surface area contributed by atoms with Crippen molar-refractivity contribution < 1.29 is 18.3 Å². The maximum absolute atomic E-state index is 14.6. The molecule has 1 unspecified atom stereocenters. The third kappa shape index (κ3) is 8.23. The van der Waals surface area contributed by atoms with E-state index >= 15 is 0 Å². The number of ether oxygens (including phenoxy) is 1. The number of allylic oxidation sites excluding steroid dienone is 3. The van der Waals surface area contributed by atoms with Crippen molar-refractivity contribution in [3.05, 3.63) is 52.4 Å². The Morgan fingerprint density at radius 3 is 2.42 bits per heavy atom. The van der Waals surface area contributed by atoms with Crippen molar-refractivity contribution >= 4 is 17.7 Å². The number of alkyl halides is 2. The molecule has 0 saturated carbocycles. The van der Waals surface area contributed by atoms with Crippen molar-refractivity contribution in [2.75, 3.05) is 14.1 Å². The molecule has 0 N–H and O–H groups in total. The molecule has 1 aromatic rings. The lowest BCUT2D eigenvalue weighted by atomic mass is 10.0. The van der Waals surface area contributed by atoms with Crippen LogP contribution in [0.2, 0.25) is 0 Å². The molecule has 0 radical (unpaired) electrons. The molecular weight excluding hydrogens is 398 g/mol. The molecular formula is C25H34F2N2O2. The Hall–Kier alpha value is -2.56. The lowest BCUT2D eigenvalue weighted by Gasteiger charge is -2.20. The van der Waals surface area contributed by atoms with Gasteiger partial charge in [0.05, 0.1) is 5.57 Å². The van der Waals surface area contributed by atoms with E-state index in [4.69, 9.17) is 4.74 Å². The molecule has 0 spiro atoms. The van der Waals surface area contributed by atoms with Gasteiger partial charge in [-0.3, -0.25) is 0 Å². The third-order valence-corrected chi connectivity index (χ3v) is 4.79. The maximum Gasteiger partial charge on any atom is 0.275 e. The molecule has 0 saturated heterocycles. The van der Waals surface area contributed by atoms with Crippen molar-refractivity contribution in [1.29, 1.82) is 0 Å². The Labute approximate surface area is 185 Å². The van der Waals surface area contributed by atoms with E-state index in [9.17, 15) is 13.6 Å². The molecule has 0 aliphatic rings. The van der Waals surface area contributed by atoms with Gasteiger partial charge in [0.15, 0.2) is 0 Å². The van der Waals surface area contributed by atoms with Gasteiger partial charge in [0, 0.05) is 30.8 Å². The highest BCUT2D eigenvalue weighted by molar-refractivity contribution is 5.85. The summed E-state index contributed by atoms with van der Waals surface area (Å²) in [6.07, 6.45) is 3.48. The Bertz CT molecular complexity index is 899. The fraction of sp³-hybridized carbons (Fsp3) is 0.480. The first-order valence-electron chi connectivity index (χ1n) is 10.4. The zero-order valence-electron chi connectivity index (χ0n) is 19.8. The van der Waals surface area contributed by atoms with Crippen LogP contribution in [0.25, 0.3) is 6.08 Å². The van der Waals surface area contributed by atoms with Crippen LogP contribution in [0.1, 0.15) is 59.1 Å². The van der Waals surface area contributed by atoms with Gasteiger partial charge in [-0.1, -0.05) is 31.6 Å². The normalized spacial score (nSPS) is 14.0. The van der Waals surface area contributed by atoms with Crippen LogP contribution in [0.3, 0.4) is 0 Å². The van der Waals surface area contributed by atoms with Gasteiger partial charge in [0.25, 0.3) is 5.92 Å². The molecule has 0 amide bonds. The van der Waals surface area contributed by atoms with E-state index in [0.717, 1.165) is 18.9 Å². The number of hydrogen-bond acceptors (Lipinski definition) is 4. The summed E-state index contributed by atoms with van der Waals surface area (Å²) in [5.74, 6) is -1.18. The first-order chi connectivity index (χ1) is 14.4. The van der Waals surface area contributed by atoms with E-state index in [-0.39, 0.29) is 23.1 Å². The summed E-state index contributed by atoms with van der Waals surface area (Å²) in [5, 5.41) is 0. The van der Waals surface area contributed by atoms with E-state index in [2.05, 4.69) is 4.99 Å². The molecule has 0 aromatic heterocycles. The zero-order valence-corrected chi connectivity index (χ0v) is 19.8. The van der Waals surface area contributed by atoms with E-state index in [0.29, 0.717) is 23.4 Å². The molecule has 1 atom stereocenters. The molecule has 0 fully saturated rings. The minimum absolute atomic E-state index is 0.103. The van der Waals surface area contributed by atoms with Crippen molar-refractivity contribution in [2.45, 2.75) is 60.4 Å². The van der Waals surface area contributed by atoms with Gasteiger partial charge in [0.2, 0.25) is 5.88 Å². The molecule has 6 heteroatoms. The van der Waals surface area contributed by atoms with Gasteiger partial charge >= 0.3 is 0 Å². The molecule has 1 aromatic carbocycles. The Kier molecular flexibility index (Phi) is 10.0. The maximum atomic E-state index is 14.6. The van der Waals surface area contributed by atoms with Crippen LogP contribution in [-0.4, -0.2) is 36.6 Å². The SMILES string of the molecule is CCC(C)/C(C)=N/C(Oc1cccc(CN(C)C)c1C=C=O)=C(\C=C(C)C)C(C)(F)F. The average molecular weight is 433 g/mol. The van der Waals surface area contributed by atoms with Crippen LogP contribution >= 0.6 is 0 Å². The quantitative estimate of drug-likeness (QED) is 0.188. The van der Waals surface area contributed by atoms with Gasteiger partial charge in [-0.05, 0) is 64.9 Å². The number of nitrogens with zero attached hydrogens (tertiary/aromatic N) is 2. The van der Waals surface area contributed by atoms with Crippen molar-refractivity contribution in [3.63, 3.8) is 0 Å². The third-order valence-electron chi connectivity index (χ3n) is 4.79. The average Bonchev–Trinajstić information content (AvgIpc) is 2.65. The molecule has 31 heavy (non-hydrogen) atoms. The van der Waals surface area contributed by atoms with Crippen LogP contribution in [0.4, 0.5) is 8.78 Å². The van der Waals surface area contributed by atoms with E-state index in [1.165, 1.54) is 12.2 Å². The second kappa shape index (κ2) is 11.7. The molecule has 170 valence electrons. The van der Waals surface area contributed by atoms with Gasteiger partial charge in [-0.2, -0.15) is 0 Å². The van der Waals surface area contributed by atoms with Gasteiger partial charge in [0.1, 0.15) is 11.7 Å². The van der Waals surface area contributed by atoms with E-state index < -0.39 is 5.92 Å². The number of carbonyl (C=O) groups excluding carboxylic acids is 1. The van der Waals surface area contributed by atoms with Gasteiger partial charge in [-0.15, -0.1) is 0 Å². The Balaban J connectivity index is 3.80. The minimum Gasteiger partial charge on any atom is -0.438 e. The fourth-order valence-electron chi connectivity index (χ4n) is 2.85. The second-order valence-corrected chi connectivity index (χ2v) is 8.32. The summed E-state index contributed by atoms with van der Waals surface area (Å²) in [6, 6.07) is 5.27. The van der Waals surface area contributed by atoms with Crippen LogP contribution < -0.4 is 4.74 Å². The van der Waals surface area contributed by atoms with Crippen LogP contribution in [0, 0.1) is 5.92 Å². The lowest BCUT2D eigenvalue weighted by Crippen LogP contribution is -2.18. The van der Waals surface area contributed by atoms with E-state index in [1.54, 1.807) is 38.8 Å². The molecule has 0 heterocycles. The van der Waals surface area contributed by atoms with Crippen molar-refractivity contribution in [1.82, 2.24) is 4.90 Å². The summed E-state index contributed by atoms with van der Waals surface area (Å²) < 4.78 is 35.2. The monoisotopic (exact) mass is 432 g/mol. The minimum atomic E-state index is -3.17. The second-order valence-electron chi connectivity index (χ2n) is 8.32. The number of benzene rings is 1. The Morgan fingerprint density at radius 2 is 1.94 bits per heavy atom. The van der Waals surface area contributed by atoms with Crippen LogP contribution in [-0.2, 0) is 11.3 Å². The van der Waals surface area contributed by atoms with Gasteiger partial charge in [-0.25, -0.2) is 18.6 Å². The first kappa shape index (κ1) is 26.5. The largest absolute Gasteiger partial charge is 0.438 e. The summed E-state index contributed by atoms with van der Waals surface area (Å²) >= 11 is 0. The Morgan fingerprint density at radius 1 is 1.29 bits per heavy atom. The van der Waals surface area contributed by atoms with E-state index in [1.807, 2.05) is 38.9 Å². The molecule has 4 nitrogen and oxygen atoms in total. The topological polar surface area (TPSA) is 41.9 Å². The number of rotatable bonds is 10. The molecule has 0 aliphatic heterocycles. The highest BCUT2D eigenvalue weighted by atomic mass is 19.3. The molecule has 0 bridgehead atoms. The predicted molar refractivity (Wildman–Crippen MR) is 124 cm³/mol. The van der Waals surface area contributed by atoms with Crippen LogP contribution in [0.15, 0.2) is 46.3 Å². The van der Waals surface area contributed by atoms with Crippen molar-refractivity contribution in [3.8, 4) is 5.75 Å².